The van der Waals surface area contributed by atoms with Crippen LogP contribution < -0.4 is 4.74 Å². The molecule has 0 unspecified atom stereocenters. The van der Waals surface area contributed by atoms with Gasteiger partial charge < -0.3 is 9.57 Å². The summed E-state index contributed by atoms with van der Waals surface area (Å²) in [7, 11) is 3.17. The molecule has 3 nitrogen and oxygen atoms in total. The minimum atomic E-state index is -0.243. The van der Waals surface area contributed by atoms with Gasteiger partial charge in [-0.25, -0.2) is 4.39 Å². The zero-order valence-electron chi connectivity index (χ0n) is 12.5. The third-order valence-corrected chi connectivity index (χ3v) is 3.65. The van der Waals surface area contributed by atoms with Gasteiger partial charge in [-0.05, 0) is 47.0 Å². The Morgan fingerprint density at radius 3 is 2.55 bits per heavy atom. The fraction of sp³-hybridized carbons (Fsp3) is 0.167. The SMILES string of the molecule is CO/N=C1/C(=C/c2ccc(F)cc2)Cc2ccc(OC)cc21. The van der Waals surface area contributed by atoms with Crippen molar-refractivity contribution in [1.29, 1.82) is 0 Å². The maximum atomic E-state index is 13.0. The van der Waals surface area contributed by atoms with Crippen molar-refractivity contribution in [3.05, 3.63) is 70.5 Å². The molecule has 0 amide bonds. The van der Waals surface area contributed by atoms with E-state index in [0.717, 1.165) is 34.6 Å². The molecule has 1 aliphatic carbocycles. The summed E-state index contributed by atoms with van der Waals surface area (Å²) in [6.45, 7) is 0. The molecule has 22 heavy (non-hydrogen) atoms. The number of hydrogen-bond donors (Lipinski definition) is 0. The average Bonchev–Trinajstić information content (AvgIpc) is 2.87. The summed E-state index contributed by atoms with van der Waals surface area (Å²) in [5, 5.41) is 4.15. The number of benzene rings is 2. The molecule has 0 spiro atoms. The van der Waals surface area contributed by atoms with Crippen molar-refractivity contribution in [2.45, 2.75) is 6.42 Å². The fourth-order valence-corrected chi connectivity index (χ4v) is 2.60. The van der Waals surface area contributed by atoms with E-state index in [4.69, 9.17) is 9.57 Å². The number of fused-ring (bicyclic) bond motifs is 1. The zero-order chi connectivity index (χ0) is 15.5. The molecule has 0 N–H and O–H groups in total. The van der Waals surface area contributed by atoms with Crippen molar-refractivity contribution in [3.63, 3.8) is 0 Å². The van der Waals surface area contributed by atoms with Crippen LogP contribution in [0.1, 0.15) is 16.7 Å². The summed E-state index contributed by atoms with van der Waals surface area (Å²) in [6, 6.07) is 12.3. The molecule has 0 atom stereocenters. The van der Waals surface area contributed by atoms with Gasteiger partial charge in [-0.2, -0.15) is 0 Å². The van der Waals surface area contributed by atoms with E-state index >= 15 is 0 Å². The van der Waals surface area contributed by atoms with E-state index in [9.17, 15) is 4.39 Å². The lowest BCUT2D eigenvalue weighted by Gasteiger charge is -2.04. The van der Waals surface area contributed by atoms with Crippen LogP contribution in [-0.4, -0.2) is 19.9 Å². The van der Waals surface area contributed by atoms with Crippen molar-refractivity contribution in [3.8, 4) is 5.75 Å². The first-order valence-electron chi connectivity index (χ1n) is 6.96. The van der Waals surface area contributed by atoms with E-state index in [1.807, 2.05) is 24.3 Å². The summed E-state index contributed by atoms with van der Waals surface area (Å²) >= 11 is 0. The molecule has 0 saturated heterocycles. The smallest absolute Gasteiger partial charge is 0.123 e. The molecule has 0 aliphatic heterocycles. The molecule has 0 fully saturated rings. The number of halogens is 1. The summed E-state index contributed by atoms with van der Waals surface area (Å²) in [6.07, 6.45) is 2.77. The second-order valence-electron chi connectivity index (χ2n) is 5.04. The van der Waals surface area contributed by atoms with Gasteiger partial charge in [-0.3, -0.25) is 0 Å². The Bertz CT molecular complexity index is 748. The van der Waals surface area contributed by atoms with Crippen molar-refractivity contribution < 1.29 is 14.0 Å². The van der Waals surface area contributed by atoms with E-state index in [0.29, 0.717) is 0 Å². The third-order valence-electron chi connectivity index (χ3n) is 3.65. The molecule has 2 aromatic rings. The first-order chi connectivity index (χ1) is 10.7. The average molecular weight is 297 g/mol. The molecule has 2 aromatic carbocycles. The number of rotatable bonds is 3. The molecular formula is C18H16FNO2. The Morgan fingerprint density at radius 2 is 1.86 bits per heavy atom. The van der Waals surface area contributed by atoms with Crippen molar-refractivity contribution in [2.75, 3.05) is 14.2 Å². The summed E-state index contributed by atoms with van der Waals surface area (Å²) < 4.78 is 18.3. The van der Waals surface area contributed by atoms with Crippen LogP contribution in [0, 0.1) is 5.82 Å². The highest BCUT2D eigenvalue weighted by molar-refractivity contribution is 6.18. The predicted molar refractivity (Wildman–Crippen MR) is 84.6 cm³/mol. The van der Waals surface area contributed by atoms with E-state index in [1.165, 1.54) is 24.8 Å². The number of hydrogen-bond acceptors (Lipinski definition) is 3. The van der Waals surface area contributed by atoms with Crippen LogP contribution in [-0.2, 0) is 11.3 Å². The molecule has 4 heteroatoms. The van der Waals surface area contributed by atoms with Crippen LogP contribution in [0.5, 0.6) is 5.75 Å². The molecule has 1 aliphatic rings. The number of methoxy groups -OCH3 is 1. The van der Waals surface area contributed by atoms with E-state index < -0.39 is 0 Å². The highest BCUT2D eigenvalue weighted by Gasteiger charge is 2.24. The summed E-state index contributed by atoms with van der Waals surface area (Å²) in [5.74, 6) is 0.540. The van der Waals surface area contributed by atoms with Gasteiger partial charge in [-0.15, -0.1) is 0 Å². The first-order valence-corrected chi connectivity index (χ1v) is 6.96. The second kappa shape index (κ2) is 6.02. The first kappa shape index (κ1) is 14.3. The second-order valence-corrected chi connectivity index (χ2v) is 5.04. The monoisotopic (exact) mass is 297 g/mol. The lowest BCUT2D eigenvalue weighted by molar-refractivity contribution is 0.214. The summed E-state index contributed by atoms with van der Waals surface area (Å²) in [4.78, 5) is 4.99. The predicted octanol–water partition coefficient (Wildman–Crippen LogP) is 3.82. The Hall–Kier alpha value is -2.62. The topological polar surface area (TPSA) is 30.8 Å². The molecule has 0 bridgehead atoms. The van der Waals surface area contributed by atoms with Crippen LogP contribution >= 0.6 is 0 Å². The van der Waals surface area contributed by atoms with Gasteiger partial charge in [0.05, 0.1) is 7.11 Å². The van der Waals surface area contributed by atoms with Crippen LogP contribution in [0.15, 0.2) is 53.2 Å². The minimum Gasteiger partial charge on any atom is -0.497 e. The highest BCUT2D eigenvalue weighted by atomic mass is 19.1. The molecular weight excluding hydrogens is 281 g/mol. The van der Waals surface area contributed by atoms with Gasteiger partial charge in [0.25, 0.3) is 0 Å². The Labute approximate surface area is 128 Å². The van der Waals surface area contributed by atoms with E-state index in [1.54, 1.807) is 19.2 Å². The number of ether oxygens (including phenoxy) is 1. The number of allylic oxidation sites excluding steroid dienone is 1. The lowest BCUT2D eigenvalue weighted by atomic mass is 10.1. The molecule has 112 valence electrons. The van der Waals surface area contributed by atoms with Gasteiger partial charge in [-0.1, -0.05) is 23.4 Å². The van der Waals surface area contributed by atoms with Gasteiger partial charge >= 0.3 is 0 Å². The fourth-order valence-electron chi connectivity index (χ4n) is 2.60. The van der Waals surface area contributed by atoms with Gasteiger partial charge in [0.1, 0.15) is 24.4 Å². The number of nitrogens with zero attached hydrogens (tertiary/aromatic N) is 1. The molecule has 0 saturated carbocycles. The van der Waals surface area contributed by atoms with E-state index in [2.05, 4.69) is 5.16 Å². The Morgan fingerprint density at radius 1 is 1.09 bits per heavy atom. The third kappa shape index (κ3) is 2.72. The van der Waals surface area contributed by atoms with Gasteiger partial charge in [0.15, 0.2) is 0 Å². The van der Waals surface area contributed by atoms with Gasteiger partial charge in [0.2, 0.25) is 0 Å². The number of oxime groups is 1. The standard InChI is InChI=1S/C18H16FNO2/c1-21-16-8-5-13-10-14(18(20-22-2)17(13)11-16)9-12-3-6-15(19)7-4-12/h3-9,11H,10H2,1-2H3/b14-9+,20-18-. The normalized spacial score (nSPS) is 16.9. The van der Waals surface area contributed by atoms with Crippen molar-refractivity contribution in [2.24, 2.45) is 5.16 Å². The van der Waals surface area contributed by atoms with Crippen LogP contribution in [0.25, 0.3) is 6.08 Å². The van der Waals surface area contributed by atoms with Crippen molar-refractivity contribution >= 4 is 11.8 Å². The minimum absolute atomic E-state index is 0.243. The molecule has 0 aromatic heterocycles. The van der Waals surface area contributed by atoms with Gasteiger partial charge in [0, 0.05) is 12.0 Å². The lowest BCUT2D eigenvalue weighted by Crippen LogP contribution is -1.99. The maximum absolute atomic E-state index is 13.0. The van der Waals surface area contributed by atoms with Crippen molar-refractivity contribution in [1.82, 2.24) is 0 Å². The molecule has 0 heterocycles. The Kier molecular flexibility index (Phi) is 3.92. The molecule has 0 radical (unpaired) electrons. The Balaban J connectivity index is 2.03. The summed E-state index contributed by atoms with van der Waals surface area (Å²) in [5.41, 5.74) is 4.94. The van der Waals surface area contributed by atoms with E-state index in [-0.39, 0.29) is 5.82 Å². The highest BCUT2D eigenvalue weighted by Crippen LogP contribution is 2.31. The van der Waals surface area contributed by atoms with Crippen LogP contribution in [0.2, 0.25) is 0 Å². The zero-order valence-corrected chi connectivity index (χ0v) is 12.5. The molecule has 3 rings (SSSR count). The van der Waals surface area contributed by atoms with Crippen LogP contribution in [0.3, 0.4) is 0 Å². The largest absolute Gasteiger partial charge is 0.497 e. The quantitative estimate of drug-likeness (QED) is 0.806. The van der Waals surface area contributed by atoms with Crippen LogP contribution in [0.4, 0.5) is 4.39 Å². The maximum Gasteiger partial charge on any atom is 0.123 e.